The number of hydrogen-bond acceptors (Lipinski definition) is 5. The van der Waals surface area contributed by atoms with Crippen LogP contribution in [0.5, 0.6) is 17.4 Å². The van der Waals surface area contributed by atoms with Crippen LogP contribution in [0, 0.1) is 5.41 Å². The number of aromatic hydroxyl groups is 1. The van der Waals surface area contributed by atoms with E-state index in [1.165, 1.54) is 0 Å². The Morgan fingerprint density at radius 1 is 1.31 bits per heavy atom. The monoisotopic (exact) mass is 348 g/mol. The predicted molar refractivity (Wildman–Crippen MR) is 96.4 cm³/mol. The van der Waals surface area contributed by atoms with Crippen molar-refractivity contribution in [2.45, 2.75) is 32.2 Å². The second-order valence-electron chi connectivity index (χ2n) is 6.40. The molecular weight excluding hydrogens is 328 g/mol. The molecule has 0 bridgehead atoms. The lowest BCUT2D eigenvalue weighted by Crippen LogP contribution is -2.29. The molecule has 1 aliphatic heterocycles. The van der Waals surface area contributed by atoms with Gasteiger partial charge in [0.1, 0.15) is 23.3 Å². The molecule has 0 amide bonds. The van der Waals surface area contributed by atoms with Gasteiger partial charge in [0.25, 0.3) is 0 Å². The zero-order valence-corrected chi connectivity index (χ0v) is 14.5. The van der Waals surface area contributed by atoms with Crippen LogP contribution in [0.25, 0.3) is 0 Å². The Balaban J connectivity index is 1.94. The topological polar surface area (TPSA) is 84.0 Å². The van der Waals surface area contributed by atoms with E-state index in [0.717, 1.165) is 36.1 Å². The fourth-order valence-electron chi connectivity index (χ4n) is 3.35. The number of aryl methyl sites for hydroxylation is 1. The number of ether oxygens (including phenoxy) is 1. The average Bonchev–Trinajstić information content (AvgIpc) is 2.66. The zero-order valence-electron chi connectivity index (χ0n) is 14.5. The highest BCUT2D eigenvalue weighted by Gasteiger charge is 2.32. The van der Waals surface area contributed by atoms with Crippen LogP contribution in [0.2, 0.25) is 0 Å². The van der Waals surface area contributed by atoms with Gasteiger partial charge >= 0.3 is 0 Å². The fourth-order valence-corrected chi connectivity index (χ4v) is 3.35. The number of nitrogens with zero attached hydrogens (tertiary/aromatic N) is 3. The molecule has 6 heteroatoms. The van der Waals surface area contributed by atoms with Crippen LogP contribution in [0.15, 0.2) is 49.1 Å². The average molecular weight is 348 g/mol. The summed E-state index contributed by atoms with van der Waals surface area (Å²) in [6.45, 7) is 2.87. The maximum atomic E-state index is 9.83. The van der Waals surface area contributed by atoms with Crippen molar-refractivity contribution in [3.63, 3.8) is 0 Å². The summed E-state index contributed by atoms with van der Waals surface area (Å²) in [7, 11) is 0. The third-order valence-electron chi connectivity index (χ3n) is 4.66. The van der Waals surface area contributed by atoms with Gasteiger partial charge in [0.15, 0.2) is 0 Å². The number of hydrogen-bond donors (Lipinski definition) is 2. The lowest BCUT2D eigenvalue weighted by molar-refractivity contribution is 0.412. The van der Waals surface area contributed by atoms with Crippen LogP contribution in [-0.4, -0.2) is 19.6 Å². The van der Waals surface area contributed by atoms with E-state index >= 15 is 0 Å². The van der Waals surface area contributed by atoms with E-state index in [1.807, 2.05) is 22.8 Å². The second-order valence-corrected chi connectivity index (χ2v) is 6.40. The largest absolute Gasteiger partial charge is 0.508 e. The quantitative estimate of drug-likeness (QED) is 0.591. The molecule has 0 saturated carbocycles. The van der Waals surface area contributed by atoms with Crippen molar-refractivity contribution in [2.24, 2.45) is 0 Å². The highest BCUT2D eigenvalue weighted by atomic mass is 16.5. The standard InChI is InChI=1S/C20H20N4O2/c1-2-3-9-24-12-23-20-18(19(24)21)17(13-5-4-8-22-11-13)15-7-6-14(25)10-16(15)26-20/h4-8,10-12,17,21,25H,2-3,9H2,1H3. The molecule has 0 fully saturated rings. The number of unbranched alkanes of at least 4 members (excludes halogenated alkanes) is 1. The van der Waals surface area contributed by atoms with E-state index in [2.05, 4.69) is 16.9 Å². The van der Waals surface area contributed by atoms with Crippen LogP contribution in [0.1, 0.15) is 42.4 Å². The molecule has 0 aliphatic carbocycles. The van der Waals surface area contributed by atoms with E-state index in [-0.39, 0.29) is 11.7 Å². The molecule has 1 aliphatic rings. The Labute approximate surface area is 151 Å². The van der Waals surface area contributed by atoms with Gasteiger partial charge in [-0.2, -0.15) is 0 Å². The van der Waals surface area contributed by atoms with Crippen LogP contribution >= 0.6 is 0 Å². The molecule has 0 saturated heterocycles. The number of nitrogens with one attached hydrogen (secondary N) is 1. The number of phenols is 1. The second kappa shape index (κ2) is 6.63. The molecule has 26 heavy (non-hydrogen) atoms. The van der Waals surface area contributed by atoms with E-state index in [4.69, 9.17) is 10.1 Å². The van der Waals surface area contributed by atoms with Crippen LogP contribution in [0.4, 0.5) is 0 Å². The zero-order chi connectivity index (χ0) is 18.1. The third-order valence-corrected chi connectivity index (χ3v) is 4.66. The van der Waals surface area contributed by atoms with Crippen LogP contribution < -0.4 is 10.2 Å². The van der Waals surface area contributed by atoms with Crippen molar-refractivity contribution in [2.75, 3.05) is 0 Å². The van der Waals surface area contributed by atoms with Gasteiger partial charge in [-0.05, 0) is 24.1 Å². The molecule has 2 aromatic heterocycles. The molecule has 3 aromatic rings. The molecule has 1 unspecified atom stereocenters. The molecular formula is C20H20N4O2. The minimum atomic E-state index is -0.211. The summed E-state index contributed by atoms with van der Waals surface area (Å²) in [4.78, 5) is 8.70. The minimum Gasteiger partial charge on any atom is -0.508 e. The molecule has 4 rings (SSSR count). The Morgan fingerprint density at radius 2 is 2.19 bits per heavy atom. The van der Waals surface area contributed by atoms with E-state index in [0.29, 0.717) is 17.1 Å². The molecule has 132 valence electrons. The van der Waals surface area contributed by atoms with Gasteiger partial charge in [-0.1, -0.05) is 25.5 Å². The van der Waals surface area contributed by atoms with Gasteiger partial charge in [0.05, 0.1) is 5.56 Å². The molecule has 1 aromatic carbocycles. The first-order chi connectivity index (χ1) is 12.7. The number of pyridine rings is 1. The number of benzene rings is 1. The summed E-state index contributed by atoms with van der Waals surface area (Å²) in [5, 5.41) is 18.6. The van der Waals surface area contributed by atoms with Crippen molar-refractivity contribution in [3.8, 4) is 17.4 Å². The maximum absolute atomic E-state index is 9.83. The minimum absolute atomic E-state index is 0.136. The van der Waals surface area contributed by atoms with Crippen molar-refractivity contribution in [1.82, 2.24) is 14.5 Å². The number of phenolic OH excluding ortho intramolecular Hbond substituents is 1. The first-order valence-electron chi connectivity index (χ1n) is 8.73. The van der Waals surface area contributed by atoms with Crippen LogP contribution in [-0.2, 0) is 6.54 Å². The lowest BCUT2D eigenvalue weighted by Gasteiger charge is -2.28. The molecule has 0 radical (unpaired) electrons. The first-order valence-corrected chi connectivity index (χ1v) is 8.73. The molecule has 3 heterocycles. The van der Waals surface area contributed by atoms with Gasteiger partial charge in [-0.15, -0.1) is 0 Å². The summed E-state index contributed by atoms with van der Waals surface area (Å²) in [6.07, 6.45) is 7.23. The maximum Gasteiger partial charge on any atom is 0.228 e. The summed E-state index contributed by atoms with van der Waals surface area (Å²) in [5.74, 6) is 0.897. The van der Waals surface area contributed by atoms with Crippen molar-refractivity contribution >= 4 is 0 Å². The van der Waals surface area contributed by atoms with Gasteiger partial charge < -0.3 is 14.4 Å². The highest BCUT2D eigenvalue weighted by Crippen LogP contribution is 2.45. The SMILES string of the molecule is CCCCn1cnc2c(c1=N)C(c1cccnc1)c1ccc(O)cc1O2. The molecule has 2 N–H and O–H groups in total. The Morgan fingerprint density at radius 3 is 2.96 bits per heavy atom. The normalized spacial score (nSPS) is 15.0. The molecule has 6 nitrogen and oxygen atoms in total. The van der Waals surface area contributed by atoms with Crippen molar-refractivity contribution in [3.05, 3.63) is 71.2 Å². The highest BCUT2D eigenvalue weighted by molar-refractivity contribution is 5.56. The fraction of sp³-hybridized carbons (Fsp3) is 0.250. The van der Waals surface area contributed by atoms with Gasteiger partial charge in [0, 0.05) is 36.5 Å². The number of rotatable bonds is 4. The Hall–Kier alpha value is -3.15. The smallest absolute Gasteiger partial charge is 0.228 e. The van der Waals surface area contributed by atoms with E-state index in [9.17, 15) is 5.11 Å². The summed E-state index contributed by atoms with van der Waals surface area (Å²) >= 11 is 0. The predicted octanol–water partition coefficient (Wildman–Crippen LogP) is 3.55. The number of aromatic nitrogens is 3. The van der Waals surface area contributed by atoms with Crippen molar-refractivity contribution < 1.29 is 9.84 Å². The summed E-state index contributed by atoms with van der Waals surface area (Å²) in [5.41, 5.74) is 2.99. The van der Waals surface area contributed by atoms with Crippen LogP contribution in [0.3, 0.4) is 0 Å². The summed E-state index contributed by atoms with van der Waals surface area (Å²) < 4.78 is 7.79. The lowest BCUT2D eigenvalue weighted by atomic mass is 9.84. The Bertz CT molecular complexity index is 998. The Kier molecular flexibility index (Phi) is 4.16. The first kappa shape index (κ1) is 16.3. The molecule has 1 atom stereocenters. The van der Waals surface area contributed by atoms with Gasteiger partial charge in [-0.3, -0.25) is 10.4 Å². The van der Waals surface area contributed by atoms with E-state index < -0.39 is 0 Å². The van der Waals surface area contributed by atoms with E-state index in [1.54, 1.807) is 30.9 Å². The third kappa shape index (κ3) is 2.73. The van der Waals surface area contributed by atoms with Gasteiger partial charge in [0.2, 0.25) is 5.88 Å². The van der Waals surface area contributed by atoms with Crippen molar-refractivity contribution in [1.29, 1.82) is 5.41 Å². The summed E-state index contributed by atoms with van der Waals surface area (Å²) in [6, 6.07) is 8.95. The van der Waals surface area contributed by atoms with Gasteiger partial charge in [-0.25, -0.2) is 4.98 Å². The molecule has 0 spiro atoms. The number of fused-ring (bicyclic) bond motifs is 2.